The van der Waals surface area contributed by atoms with Gasteiger partial charge in [-0.15, -0.1) is 0 Å². The fraction of sp³-hybridized carbons (Fsp3) is 0.750. The molecule has 4 heteroatoms. The largest absolute Gasteiger partial charge is 0.460 e. The van der Waals surface area contributed by atoms with Crippen LogP contribution in [-0.4, -0.2) is 39.0 Å². The van der Waals surface area contributed by atoms with Crippen LogP contribution in [0.2, 0.25) is 0 Å². The normalized spacial score (nSPS) is 10.1. The molecule has 0 aliphatic rings. The summed E-state index contributed by atoms with van der Waals surface area (Å²) in [4.78, 5) is 11.0. The summed E-state index contributed by atoms with van der Waals surface area (Å²) in [6, 6.07) is 0. The van der Waals surface area contributed by atoms with Gasteiger partial charge >= 0.3 is 5.97 Å². The summed E-state index contributed by atoms with van der Waals surface area (Å²) >= 11 is 0. The smallest absolute Gasteiger partial charge is 0.333 e. The Bertz CT molecular complexity index is 201. The lowest BCUT2D eigenvalue weighted by Gasteiger charge is -2.06. The molecule has 0 aliphatic carbocycles. The first-order chi connectivity index (χ1) is 7.68. The molecule has 0 aromatic heterocycles. The molecule has 16 heavy (non-hydrogen) atoms. The van der Waals surface area contributed by atoms with Crippen LogP contribution in [0.15, 0.2) is 12.2 Å². The quantitative estimate of drug-likeness (QED) is 0.327. The van der Waals surface area contributed by atoms with E-state index in [0.717, 1.165) is 26.1 Å². The summed E-state index contributed by atoms with van der Waals surface area (Å²) in [5.74, 6) is -0.366. The van der Waals surface area contributed by atoms with Gasteiger partial charge in [0.25, 0.3) is 0 Å². The van der Waals surface area contributed by atoms with Gasteiger partial charge in [0.2, 0.25) is 0 Å². The molecule has 0 unspecified atom stereocenters. The molecule has 0 saturated heterocycles. The van der Waals surface area contributed by atoms with E-state index >= 15 is 0 Å². The number of carbonyl (C=O) groups is 1. The van der Waals surface area contributed by atoms with Crippen molar-refractivity contribution in [2.75, 3.05) is 33.0 Å². The van der Waals surface area contributed by atoms with E-state index < -0.39 is 0 Å². The number of hydrogen-bond donors (Lipinski definition) is 0. The van der Waals surface area contributed by atoms with Crippen LogP contribution in [0.5, 0.6) is 0 Å². The van der Waals surface area contributed by atoms with Gasteiger partial charge in [-0.25, -0.2) is 4.79 Å². The fourth-order valence-electron chi connectivity index (χ4n) is 0.928. The third-order valence-electron chi connectivity index (χ3n) is 1.74. The second-order valence-electron chi connectivity index (χ2n) is 3.49. The molecule has 0 bridgehead atoms. The van der Waals surface area contributed by atoms with Crippen LogP contribution in [0, 0.1) is 0 Å². The zero-order valence-electron chi connectivity index (χ0n) is 10.3. The zero-order chi connectivity index (χ0) is 12.2. The van der Waals surface area contributed by atoms with E-state index in [-0.39, 0.29) is 12.6 Å². The molecule has 0 atom stereocenters. The molecule has 0 saturated carbocycles. The van der Waals surface area contributed by atoms with Gasteiger partial charge in [0, 0.05) is 25.4 Å². The molecular weight excluding hydrogens is 208 g/mol. The summed E-state index contributed by atoms with van der Waals surface area (Å²) in [6.45, 7) is 10.0. The minimum absolute atomic E-state index is 0.279. The third kappa shape index (κ3) is 9.68. The first kappa shape index (κ1) is 15.1. The van der Waals surface area contributed by atoms with Crippen molar-refractivity contribution in [3.05, 3.63) is 12.2 Å². The standard InChI is InChI=1S/C12H22O4/c1-4-6-14-7-5-8-15-9-10-16-12(13)11(2)3/h2,4-10H2,1,3H3. The highest BCUT2D eigenvalue weighted by atomic mass is 16.6. The van der Waals surface area contributed by atoms with Crippen LogP contribution in [0.4, 0.5) is 0 Å². The number of rotatable bonds is 10. The molecule has 0 heterocycles. The SMILES string of the molecule is C=C(C)C(=O)OCCOCCCOCCC. The predicted molar refractivity (Wildman–Crippen MR) is 62.3 cm³/mol. The molecule has 4 nitrogen and oxygen atoms in total. The first-order valence-electron chi connectivity index (χ1n) is 5.66. The van der Waals surface area contributed by atoms with E-state index in [4.69, 9.17) is 14.2 Å². The van der Waals surface area contributed by atoms with Gasteiger partial charge in [-0.05, 0) is 19.8 Å². The van der Waals surface area contributed by atoms with E-state index in [1.165, 1.54) is 0 Å². The van der Waals surface area contributed by atoms with Gasteiger partial charge in [-0.2, -0.15) is 0 Å². The topological polar surface area (TPSA) is 44.8 Å². The Balaban J connectivity index is 3.10. The van der Waals surface area contributed by atoms with Crippen molar-refractivity contribution in [3.63, 3.8) is 0 Å². The van der Waals surface area contributed by atoms with Crippen LogP contribution in [0.3, 0.4) is 0 Å². The van der Waals surface area contributed by atoms with Crippen molar-refractivity contribution < 1.29 is 19.0 Å². The fourth-order valence-corrected chi connectivity index (χ4v) is 0.928. The van der Waals surface area contributed by atoms with E-state index in [1.54, 1.807) is 6.92 Å². The Morgan fingerprint density at radius 3 is 2.25 bits per heavy atom. The Morgan fingerprint density at radius 1 is 1.06 bits per heavy atom. The Labute approximate surface area is 97.6 Å². The average Bonchev–Trinajstić information content (AvgIpc) is 2.26. The maximum Gasteiger partial charge on any atom is 0.333 e. The van der Waals surface area contributed by atoms with Gasteiger partial charge in [0.1, 0.15) is 6.61 Å². The molecule has 0 spiro atoms. The molecule has 0 radical (unpaired) electrons. The number of carbonyl (C=O) groups excluding carboxylic acids is 1. The molecule has 0 fully saturated rings. The highest BCUT2D eigenvalue weighted by Gasteiger charge is 2.01. The molecule has 0 aromatic carbocycles. The summed E-state index contributed by atoms with van der Waals surface area (Å²) in [5, 5.41) is 0. The molecule has 0 aromatic rings. The lowest BCUT2D eigenvalue weighted by molar-refractivity contribution is -0.140. The molecule has 94 valence electrons. The van der Waals surface area contributed by atoms with Crippen molar-refractivity contribution in [2.24, 2.45) is 0 Å². The molecule has 0 N–H and O–H groups in total. The van der Waals surface area contributed by atoms with Gasteiger partial charge < -0.3 is 14.2 Å². The van der Waals surface area contributed by atoms with Gasteiger partial charge in [0.05, 0.1) is 6.61 Å². The van der Waals surface area contributed by atoms with Crippen molar-refractivity contribution in [3.8, 4) is 0 Å². The number of hydrogen-bond acceptors (Lipinski definition) is 4. The van der Waals surface area contributed by atoms with Crippen LogP contribution in [-0.2, 0) is 19.0 Å². The number of ether oxygens (including phenoxy) is 3. The van der Waals surface area contributed by atoms with Crippen molar-refractivity contribution in [2.45, 2.75) is 26.7 Å². The predicted octanol–water partition coefficient (Wildman–Crippen LogP) is 1.94. The lowest BCUT2D eigenvalue weighted by Crippen LogP contribution is -2.12. The van der Waals surface area contributed by atoms with E-state index in [9.17, 15) is 4.79 Å². The Morgan fingerprint density at radius 2 is 1.69 bits per heavy atom. The van der Waals surface area contributed by atoms with E-state index in [1.807, 2.05) is 0 Å². The molecule has 0 amide bonds. The van der Waals surface area contributed by atoms with Crippen molar-refractivity contribution in [1.29, 1.82) is 0 Å². The van der Waals surface area contributed by atoms with Gasteiger partial charge in [-0.1, -0.05) is 13.5 Å². The molecular formula is C12H22O4. The highest BCUT2D eigenvalue weighted by molar-refractivity contribution is 5.86. The van der Waals surface area contributed by atoms with Crippen LogP contribution >= 0.6 is 0 Å². The average molecular weight is 230 g/mol. The Kier molecular flexibility index (Phi) is 10.1. The monoisotopic (exact) mass is 230 g/mol. The third-order valence-corrected chi connectivity index (χ3v) is 1.74. The van der Waals surface area contributed by atoms with Crippen LogP contribution in [0.25, 0.3) is 0 Å². The van der Waals surface area contributed by atoms with Crippen LogP contribution in [0.1, 0.15) is 26.7 Å². The highest BCUT2D eigenvalue weighted by Crippen LogP contribution is 1.92. The summed E-state index contributed by atoms with van der Waals surface area (Å²) in [5.41, 5.74) is 0.410. The zero-order valence-corrected chi connectivity index (χ0v) is 10.3. The number of esters is 1. The van der Waals surface area contributed by atoms with Gasteiger partial charge in [0.15, 0.2) is 0 Å². The lowest BCUT2D eigenvalue weighted by atomic mass is 10.4. The minimum atomic E-state index is -0.366. The second-order valence-corrected chi connectivity index (χ2v) is 3.49. The maximum absolute atomic E-state index is 11.0. The Hall–Kier alpha value is -0.870. The maximum atomic E-state index is 11.0. The minimum Gasteiger partial charge on any atom is -0.460 e. The summed E-state index contributed by atoms with van der Waals surface area (Å²) in [6.07, 6.45) is 1.91. The molecule has 0 aliphatic heterocycles. The van der Waals surface area contributed by atoms with Gasteiger partial charge in [-0.3, -0.25) is 0 Å². The summed E-state index contributed by atoms with van der Waals surface area (Å²) in [7, 11) is 0. The van der Waals surface area contributed by atoms with Crippen molar-refractivity contribution in [1.82, 2.24) is 0 Å². The second kappa shape index (κ2) is 10.6. The molecule has 0 rings (SSSR count). The summed E-state index contributed by atoms with van der Waals surface area (Å²) < 4.78 is 15.4. The van der Waals surface area contributed by atoms with Crippen LogP contribution < -0.4 is 0 Å². The van der Waals surface area contributed by atoms with Crippen molar-refractivity contribution >= 4 is 5.97 Å². The first-order valence-corrected chi connectivity index (χ1v) is 5.66. The van der Waals surface area contributed by atoms with E-state index in [0.29, 0.717) is 18.8 Å². The van der Waals surface area contributed by atoms with E-state index in [2.05, 4.69) is 13.5 Å².